The summed E-state index contributed by atoms with van der Waals surface area (Å²) in [6.07, 6.45) is 1.51. The van der Waals surface area contributed by atoms with Gasteiger partial charge in [0.05, 0.1) is 6.04 Å². The predicted octanol–water partition coefficient (Wildman–Crippen LogP) is 1.43. The molecule has 0 amide bonds. The fourth-order valence-electron chi connectivity index (χ4n) is 1.99. The zero-order valence-corrected chi connectivity index (χ0v) is 10.7. The van der Waals surface area contributed by atoms with Crippen molar-refractivity contribution in [3.05, 3.63) is 35.9 Å². The minimum absolute atomic E-state index is 0.121. The van der Waals surface area contributed by atoms with E-state index in [2.05, 4.69) is 20.5 Å². The summed E-state index contributed by atoms with van der Waals surface area (Å²) in [5.74, 6) is 2.47. The molecule has 1 unspecified atom stereocenters. The molecular formula is C13H16N4O2. The average molecular weight is 260 g/mol. The Hall–Kier alpha value is -2.08. The number of fused-ring (bicyclic) bond motifs is 1. The fourth-order valence-corrected chi connectivity index (χ4v) is 1.99. The first-order valence-electron chi connectivity index (χ1n) is 6.30. The van der Waals surface area contributed by atoms with Gasteiger partial charge in [0, 0.05) is 6.54 Å². The van der Waals surface area contributed by atoms with Gasteiger partial charge in [-0.3, -0.25) is 5.10 Å². The van der Waals surface area contributed by atoms with Crippen LogP contribution in [0.1, 0.15) is 24.4 Å². The highest BCUT2D eigenvalue weighted by atomic mass is 16.6. The van der Waals surface area contributed by atoms with E-state index in [9.17, 15) is 0 Å². The largest absolute Gasteiger partial charge is 0.486 e. The monoisotopic (exact) mass is 260 g/mol. The van der Waals surface area contributed by atoms with Gasteiger partial charge in [0.2, 0.25) is 0 Å². The van der Waals surface area contributed by atoms with Gasteiger partial charge in [0.25, 0.3) is 0 Å². The Balaban J connectivity index is 1.64. The maximum absolute atomic E-state index is 5.56. The van der Waals surface area contributed by atoms with Crippen LogP contribution in [-0.2, 0) is 6.54 Å². The summed E-state index contributed by atoms with van der Waals surface area (Å²) < 4.78 is 11.1. The van der Waals surface area contributed by atoms with Crippen molar-refractivity contribution >= 4 is 0 Å². The predicted molar refractivity (Wildman–Crippen MR) is 69.1 cm³/mol. The normalized spacial score (nSPS) is 15.2. The highest BCUT2D eigenvalue weighted by Crippen LogP contribution is 2.30. The first kappa shape index (κ1) is 12.0. The van der Waals surface area contributed by atoms with E-state index in [1.807, 2.05) is 25.1 Å². The third kappa shape index (κ3) is 2.68. The lowest BCUT2D eigenvalue weighted by Crippen LogP contribution is -2.20. The third-order valence-electron chi connectivity index (χ3n) is 3.06. The summed E-state index contributed by atoms with van der Waals surface area (Å²) in [6, 6.07) is 6.11. The average Bonchev–Trinajstić information content (AvgIpc) is 2.99. The quantitative estimate of drug-likeness (QED) is 0.870. The van der Waals surface area contributed by atoms with Crippen molar-refractivity contribution in [1.82, 2.24) is 20.5 Å². The van der Waals surface area contributed by atoms with Crippen LogP contribution in [0.5, 0.6) is 11.5 Å². The SMILES string of the molecule is CC(NCc1ccc2c(c1)OCCO2)c1ncn[nH]1. The molecule has 0 aliphatic carbocycles. The van der Waals surface area contributed by atoms with Crippen molar-refractivity contribution in [3.8, 4) is 11.5 Å². The molecule has 0 saturated heterocycles. The van der Waals surface area contributed by atoms with E-state index in [1.54, 1.807) is 0 Å². The van der Waals surface area contributed by atoms with E-state index >= 15 is 0 Å². The van der Waals surface area contributed by atoms with Crippen molar-refractivity contribution in [3.63, 3.8) is 0 Å². The van der Waals surface area contributed by atoms with Crippen LogP contribution >= 0.6 is 0 Å². The van der Waals surface area contributed by atoms with Crippen molar-refractivity contribution in [2.45, 2.75) is 19.5 Å². The fraction of sp³-hybridized carbons (Fsp3) is 0.385. The Kier molecular flexibility index (Phi) is 3.33. The summed E-state index contributed by atoms with van der Waals surface area (Å²) in [5, 5.41) is 10.1. The van der Waals surface area contributed by atoms with E-state index < -0.39 is 0 Å². The maximum atomic E-state index is 5.56. The Morgan fingerprint density at radius 3 is 2.95 bits per heavy atom. The number of aromatic nitrogens is 3. The summed E-state index contributed by atoms with van der Waals surface area (Å²) in [4.78, 5) is 4.12. The molecule has 0 spiro atoms. The summed E-state index contributed by atoms with van der Waals surface area (Å²) in [5.41, 5.74) is 1.15. The van der Waals surface area contributed by atoms with Crippen LogP contribution in [-0.4, -0.2) is 28.4 Å². The molecule has 1 aliphatic heterocycles. The molecule has 6 nitrogen and oxygen atoms in total. The molecule has 0 bridgehead atoms. The minimum Gasteiger partial charge on any atom is -0.486 e. The maximum Gasteiger partial charge on any atom is 0.161 e. The molecule has 2 heterocycles. The van der Waals surface area contributed by atoms with Crippen molar-refractivity contribution in [2.24, 2.45) is 0 Å². The molecule has 1 aromatic heterocycles. The van der Waals surface area contributed by atoms with Crippen LogP contribution in [0.15, 0.2) is 24.5 Å². The van der Waals surface area contributed by atoms with Gasteiger partial charge < -0.3 is 14.8 Å². The second-order valence-electron chi connectivity index (χ2n) is 4.45. The Morgan fingerprint density at radius 2 is 2.16 bits per heavy atom. The Morgan fingerprint density at radius 1 is 1.32 bits per heavy atom. The van der Waals surface area contributed by atoms with Gasteiger partial charge in [-0.15, -0.1) is 0 Å². The van der Waals surface area contributed by atoms with E-state index in [0.29, 0.717) is 13.2 Å². The van der Waals surface area contributed by atoms with Crippen molar-refractivity contribution < 1.29 is 9.47 Å². The number of H-pyrrole nitrogens is 1. The van der Waals surface area contributed by atoms with Gasteiger partial charge in [-0.25, -0.2) is 4.98 Å². The van der Waals surface area contributed by atoms with Crippen LogP contribution < -0.4 is 14.8 Å². The molecule has 2 aromatic rings. The van der Waals surface area contributed by atoms with Crippen molar-refractivity contribution in [2.75, 3.05) is 13.2 Å². The highest BCUT2D eigenvalue weighted by molar-refractivity contribution is 5.43. The van der Waals surface area contributed by atoms with Crippen LogP contribution in [0.3, 0.4) is 0 Å². The second kappa shape index (κ2) is 5.27. The molecule has 0 fully saturated rings. The first-order valence-corrected chi connectivity index (χ1v) is 6.30. The second-order valence-corrected chi connectivity index (χ2v) is 4.45. The van der Waals surface area contributed by atoms with Gasteiger partial charge in [0.15, 0.2) is 11.5 Å². The molecular weight excluding hydrogens is 244 g/mol. The lowest BCUT2D eigenvalue weighted by atomic mass is 10.2. The van der Waals surface area contributed by atoms with E-state index in [1.165, 1.54) is 6.33 Å². The first-order chi connectivity index (χ1) is 9.33. The number of hydrogen-bond donors (Lipinski definition) is 2. The number of nitrogens with one attached hydrogen (secondary N) is 2. The number of aromatic amines is 1. The summed E-state index contributed by atoms with van der Waals surface area (Å²) in [6.45, 7) is 4.00. The van der Waals surface area contributed by atoms with E-state index in [0.717, 1.165) is 29.4 Å². The molecule has 0 saturated carbocycles. The van der Waals surface area contributed by atoms with Crippen LogP contribution in [0, 0.1) is 0 Å². The number of rotatable bonds is 4. The molecule has 1 aromatic carbocycles. The molecule has 6 heteroatoms. The van der Waals surface area contributed by atoms with Crippen LogP contribution in [0.2, 0.25) is 0 Å². The van der Waals surface area contributed by atoms with Gasteiger partial charge in [-0.1, -0.05) is 6.07 Å². The summed E-state index contributed by atoms with van der Waals surface area (Å²) in [7, 11) is 0. The molecule has 1 atom stereocenters. The number of ether oxygens (including phenoxy) is 2. The van der Waals surface area contributed by atoms with Crippen molar-refractivity contribution in [1.29, 1.82) is 0 Å². The molecule has 2 N–H and O–H groups in total. The third-order valence-corrected chi connectivity index (χ3v) is 3.06. The lowest BCUT2D eigenvalue weighted by molar-refractivity contribution is 0.171. The Labute approximate surface area is 111 Å². The smallest absolute Gasteiger partial charge is 0.161 e. The topological polar surface area (TPSA) is 72.1 Å². The highest BCUT2D eigenvalue weighted by Gasteiger charge is 2.12. The van der Waals surface area contributed by atoms with Gasteiger partial charge in [-0.05, 0) is 24.6 Å². The van der Waals surface area contributed by atoms with Gasteiger partial charge >= 0.3 is 0 Å². The summed E-state index contributed by atoms with van der Waals surface area (Å²) >= 11 is 0. The number of benzene rings is 1. The lowest BCUT2D eigenvalue weighted by Gasteiger charge is -2.19. The molecule has 100 valence electrons. The molecule has 19 heavy (non-hydrogen) atoms. The van der Waals surface area contributed by atoms with Crippen LogP contribution in [0.4, 0.5) is 0 Å². The van der Waals surface area contributed by atoms with Crippen LogP contribution in [0.25, 0.3) is 0 Å². The number of nitrogens with zero attached hydrogens (tertiary/aromatic N) is 2. The Bertz CT molecular complexity index is 542. The standard InChI is InChI=1S/C13H16N4O2/c1-9(13-15-8-16-17-13)14-7-10-2-3-11-12(6-10)19-5-4-18-11/h2-3,6,8-9,14H,4-5,7H2,1H3,(H,15,16,17). The van der Waals surface area contributed by atoms with Gasteiger partial charge in [-0.2, -0.15) is 5.10 Å². The minimum atomic E-state index is 0.121. The zero-order valence-electron chi connectivity index (χ0n) is 10.7. The molecule has 0 radical (unpaired) electrons. The molecule has 3 rings (SSSR count). The van der Waals surface area contributed by atoms with E-state index in [-0.39, 0.29) is 6.04 Å². The van der Waals surface area contributed by atoms with E-state index in [4.69, 9.17) is 9.47 Å². The molecule has 1 aliphatic rings. The number of hydrogen-bond acceptors (Lipinski definition) is 5. The zero-order chi connectivity index (χ0) is 13.1. The van der Waals surface area contributed by atoms with Gasteiger partial charge in [0.1, 0.15) is 25.4 Å².